The highest BCUT2D eigenvalue weighted by Crippen LogP contribution is 2.27. The molecule has 1 aromatic carbocycles. The molecule has 0 amide bonds. The Morgan fingerprint density at radius 3 is 2.58 bits per heavy atom. The number of rotatable bonds is 6. The van der Waals surface area contributed by atoms with Crippen LogP contribution in [0.1, 0.15) is 17.3 Å². The van der Waals surface area contributed by atoms with E-state index in [0.717, 1.165) is 6.07 Å². The third-order valence-corrected chi connectivity index (χ3v) is 4.66. The zero-order valence-corrected chi connectivity index (χ0v) is 11.9. The molecule has 0 aliphatic heterocycles. The highest BCUT2D eigenvalue weighted by Gasteiger charge is 2.16. The Kier molecular flexibility index (Phi) is 5.36. The molecule has 6 nitrogen and oxygen atoms in total. The Labute approximate surface area is 115 Å². The summed E-state index contributed by atoms with van der Waals surface area (Å²) in [7, 11) is -3.92. The van der Waals surface area contributed by atoms with Gasteiger partial charge in [-0.3, -0.25) is 0 Å². The van der Waals surface area contributed by atoms with Crippen LogP contribution in [-0.4, -0.2) is 37.0 Å². The molecule has 0 aromatic heterocycles. The Morgan fingerprint density at radius 1 is 1.47 bits per heavy atom. The van der Waals surface area contributed by atoms with Gasteiger partial charge >= 0.3 is 5.97 Å². The lowest BCUT2D eigenvalue weighted by atomic mass is 10.2. The van der Waals surface area contributed by atoms with Crippen LogP contribution in [0.25, 0.3) is 0 Å². The largest absolute Gasteiger partial charge is 0.478 e. The molecule has 0 heterocycles. The van der Waals surface area contributed by atoms with Gasteiger partial charge in [-0.15, -0.1) is 11.8 Å². The smallest absolute Gasteiger partial charge is 0.336 e. The van der Waals surface area contributed by atoms with E-state index in [0.29, 0.717) is 10.6 Å². The van der Waals surface area contributed by atoms with Crippen LogP contribution < -0.4 is 5.14 Å². The van der Waals surface area contributed by atoms with Crippen molar-refractivity contribution in [3.63, 3.8) is 0 Å². The molecular weight excluding hydrogens is 290 g/mol. The molecule has 0 spiro atoms. The molecule has 0 bridgehead atoms. The van der Waals surface area contributed by atoms with Crippen molar-refractivity contribution in [2.24, 2.45) is 11.1 Å². The van der Waals surface area contributed by atoms with Crippen molar-refractivity contribution >= 4 is 27.8 Å². The van der Waals surface area contributed by atoms with E-state index >= 15 is 0 Å². The topological polar surface area (TPSA) is 118 Å². The predicted octanol–water partition coefficient (Wildman–Crippen LogP) is 0.753. The van der Waals surface area contributed by atoms with Crippen LogP contribution in [0, 0.1) is 5.92 Å². The monoisotopic (exact) mass is 305 g/mol. The summed E-state index contributed by atoms with van der Waals surface area (Å²) >= 11 is 1.25. The fraction of sp³-hybridized carbons (Fsp3) is 0.364. The number of hydrogen-bond donors (Lipinski definition) is 3. The summed E-state index contributed by atoms with van der Waals surface area (Å²) in [5.74, 6) is -0.667. The third kappa shape index (κ3) is 4.50. The number of aliphatic hydroxyl groups excluding tert-OH is 1. The average molecular weight is 305 g/mol. The number of thioether (sulfide) groups is 1. The van der Waals surface area contributed by atoms with Crippen LogP contribution >= 0.6 is 11.8 Å². The van der Waals surface area contributed by atoms with Crippen molar-refractivity contribution in [2.45, 2.75) is 16.7 Å². The van der Waals surface area contributed by atoms with Crippen LogP contribution in [-0.2, 0) is 10.0 Å². The van der Waals surface area contributed by atoms with Gasteiger partial charge in [0.2, 0.25) is 10.0 Å². The molecule has 0 saturated heterocycles. The number of sulfonamides is 1. The molecule has 0 aliphatic rings. The zero-order chi connectivity index (χ0) is 14.6. The minimum absolute atomic E-state index is 0.00463. The SMILES string of the molecule is CC(CO)CSc1ccc(S(N)(=O)=O)cc1C(=O)O. The first-order valence-electron chi connectivity index (χ1n) is 5.39. The van der Waals surface area contributed by atoms with Crippen molar-refractivity contribution in [3.05, 3.63) is 23.8 Å². The molecule has 4 N–H and O–H groups in total. The normalized spacial score (nSPS) is 13.2. The molecule has 1 rings (SSSR count). The summed E-state index contributed by atoms with van der Waals surface area (Å²) < 4.78 is 22.4. The van der Waals surface area contributed by atoms with Crippen LogP contribution in [0.5, 0.6) is 0 Å². The van der Waals surface area contributed by atoms with Gasteiger partial charge in [-0.25, -0.2) is 18.4 Å². The van der Waals surface area contributed by atoms with E-state index in [9.17, 15) is 13.2 Å². The lowest BCUT2D eigenvalue weighted by molar-refractivity contribution is 0.0693. The molecule has 1 aromatic rings. The van der Waals surface area contributed by atoms with Crippen molar-refractivity contribution in [3.8, 4) is 0 Å². The molecule has 106 valence electrons. The van der Waals surface area contributed by atoms with E-state index in [1.54, 1.807) is 0 Å². The second kappa shape index (κ2) is 6.38. The minimum atomic E-state index is -3.92. The van der Waals surface area contributed by atoms with Gasteiger partial charge in [0.05, 0.1) is 10.5 Å². The van der Waals surface area contributed by atoms with E-state index in [2.05, 4.69) is 0 Å². The van der Waals surface area contributed by atoms with E-state index in [1.807, 2.05) is 6.92 Å². The van der Waals surface area contributed by atoms with Gasteiger partial charge in [0.15, 0.2) is 0 Å². The van der Waals surface area contributed by atoms with Gasteiger partial charge in [-0.05, 0) is 24.1 Å². The number of primary sulfonamides is 1. The van der Waals surface area contributed by atoms with Crippen molar-refractivity contribution in [2.75, 3.05) is 12.4 Å². The summed E-state index contributed by atoms with van der Waals surface area (Å²) in [6, 6.07) is 3.73. The minimum Gasteiger partial charge on any atom is -0.478 e. The fourth-order valence-electron chi connectivity index (χ4n) is 1.26. The zero-order valence-electron chi connectivity index (χ0n) is 10.2. The highest BCUT2D eigenvalue weighted by atomic mass is 32.2. The maximum Gasteiger partial charge on any atom is 0.336 e. The molecular formula is C11H15NO5S2. The molecule has 8 heteroatoms. The van der Waals surface area contributed by atoms with Crippen LogP contribution in [0.3, 0.4) is 0 Å². The second-order valence-corrected chi connectivity index (χ2v) is 6.73. The third-order valence-electron chi connectivity index (χ3n) is 2.34. The number of aromatic carboxylic acids is 1. The maximum atomic E-state index is 11.2. The number of carboxylic acids is 1. The average Bonchev–Trinajstić information content (AvgIpc) is 2.34. The van der Waals surface area contributed by atoms with Crippen molar-refractivity contribution in [1.29, 1.82) is 0 Å². The van der Waals surface area contributed by atoms with Gasteiger partial charge in [0.25, 0.3) is 0 Å². The highest BCUT2D eigenvalue weighted by molar-refractivity contribution is 7.99. The first-order valence-corrected chi connectivity index (χ1v) is 7.92. The Balaban J connectivity index is 3.09. The number of carboxylic acid groups (broad SMARTS) is 1. The van der Waals surface area contributed by atoms with Gasteiger partial charge in [0, 0.05) is 17.3 Å². The lowest BCUT2D eigenvalue weighted by Crippen LogP contribution is -2.13. The van der Waals surface area contributed by atoms with E-state index in [-0.39, 0.29) is 23.0 Å². The van der Waals surface area contributed by atoms with Crippen molar-refractivity contribution in [1.82, 2.24) is 0 Å². The fourth-order valence-corrected chi connectivity index (χ4v) is 2.84. The molecule has 0 saturated carbocycles. The van der Waals surface area contributed by atoms with Crippen LogP contribution in [0.15, 0.2) is 28.0 Å². The van der Waals surface area contributed by atoms with Gasteiger partial charge < -0.3 is 10.2 Å². The first-order chi connectivity index (χ1) is 8.75. The van der Waals surface area contributed by atoms with Gasteiger partial charge in [-0.1, -0.05) is 6.92 Å². The Morgan fingerprint density at radius 2 is 2.11 bits per heavy atom. The maximum absolute atomic E-state index is 11.2. The number of carbonyl (C=O) groups is 1. The standard InChI is InChI=1S/C11H15NO5S2/c1-7(5-13)6-18-10-3-2-8(19(12,16)17)4-9(10)11(14)15/h2-4,7,13H,5-6H2,1H3,(H,14,15)(H2,12,16,17). The van der Waals surface area contributed by atoms with Gasteiger partial charge in [-0.2, -0.15) is 0 Å². The summed E-state index contributed by atoms with van der Waals surface area (Å²) in [4.78, 5) is 11.3. The second-order valence-electron chi connectivity index (χ2n) is 4.11. The number of aliphatic hydroxyl groups is 1. The predicted molar refractivity (Wildman–Crippen MR) is 71.7 cm³/mol. The van der Waals surface area contributed by atoms with Crippen molar-refractivity contribution < 1.29 is 23.4 Å². The molecule has 0 aliphatic carbocycles. The summed E-state index contributed by atoms with van der Waals surface area (Å²) in [5, 5.41) is 23.0. The number of nitrogens with two attached hydrogens (primary N) is 1. The molecule has 0 radical (unpaired) electrons. The Bertz CT molecular complexity index is 570. The summed E-state index contributed by atoms with van der Waals surface area (Å²) in [5.41, 5.74) is -0.110. The summed E-state index contributed by atoms with van der Waals surface area (Å²) in [6.45, 7) is 1.83. The van der Waals surface area contributed by atoms with E-state index < -0.39 is 16.0 Å². The Hall–Kier alpha value is -1.09. The summed E-state index contributed by atoms with van der Waals surface area (Å²) in [6.07, 6.45) is 0. The first kappa shape index (κ1) is 16.0. The van der Waals surface area contributed by atoms with Gasteiger partial charge in [0.1, 0.15) is 0 Å². The van der Waals surface area contributed by atoms with Crippen LogP contribution in [0.4, 0.5) is 0 Å². The quantitative estimate of drug-likeness (QED) is 0.668. The van der Waals surface area contributed by atoms with E-state index in [1.165, 1.54) is 23.9 Å². The molecule has 19 heavy (non-hydrogen) atoms. The molecule has 0 fully saturated rings. The van der Waals surface area contributed by atoms with Crippen LogP contribution in [0.2, 0.25) is 0 Å². The molecule has 1 atom stereocenters. The lowest BCUT2D eigenvalue weighted by Gasteiger charge is -2.10. The number of hydrogen-bond acceptors (Lipinski definition) is 5. The molecule has 1 unspecified atom stereocenters. The van der Waals surface area contributed by atoms with E-state index in [4.69, 9.17) is 15.4 Å². The number of benzene rings is 1.